The highest BCUT2D eigenvalue weighted by atomic mass is 16.6. The fourth-order valence-electron chi connectivity index (χ4n) is 4.80. The highest BCUT2D eigenvalue weighted by molar-refractivity contribution is 6.21. The van der Waals surface area contributed by atoms with Crippen molar-refractivity contribution in [2.75, 3.05) is 6.61 Å². The van der Waals surface area contributed by atoms with Crippen LogP contribution >= 0.6 is 0 Å². The summed E-state index contributed by atoms with van der Waals surface area (Å²) in [5.41, 5.74) is 6.27. The van der Waals surface area contributed by atoms with Crippen molar-refractivity contribution < 1.29 is 24.2 Å². The molecular weight excluding hydrogens is 566 g/mol. The molecule has 8 nitrogen and oxygen atoms in total. The van der Waals surface area contributed by atoms with Crippen LogP contribution in [0, 0.1) is 0 Å². The second-order valence-electron chi connectivity index (χ2n) is 10.1. The van der Waals surface area contributed by atoms with E-state index in [1.54, 1.807) is 0 Å². The fraction of sp³-hybridized carbons (Fsp3) is 0.0811. The maximum Gasteiger partial charge on any atom is 0.350 e. The summed E-state index contributed by atoms with van der Waals surface area (Å²) in [4.78, 5) is 25.2. The number of carboxylic acids is 1. The summed E-state index contributed by atoms with van der Waals surface area (Å²) in [6.45, 7) is 0.772. The molecule has 0 unspecified atom stereocenters. The Hall–Kier alpha value is -6.02. The quantitative estimate of drug-likeness (QED) is 0.0890. The Bertz CT molecular complexity index is 1860. The van der Waals surface area contributed by atoms with Crippen molar-refractivity contribution in [3.63, 3.8) is 0 Å². The number of ether oxygens (including phenoxy) is 2. The maximum absolute atomic E-state index is 10.7. The number of rotatable bonds is 12. The van der Waals surface area contributed by atoms with Gasteiger partial charge in [-0.2, -0.15) is 0 Å². The van der Waals surface area contributed by atoms with E-state index < -0.39 is 5.97 Å². The zero-order valence-electron chi connectivity index (χ0n) is 24.2. The molecule has 0 aliphatic heterocycles. The van der Waals surface area contributed by atoms with Crippen LogP contribution in [-0.2, 0) is 22.8 Å². The maximum atomic E-state index is 10.7. The lowest BCUT2D eigenvalue weighted by atomic mass is 9.97. The smallest absolute Gasteiger partial charge is 0.350 e. The van der Waals surface area contributed by atoms with Crippen molar-refractivity contribution >= 4 is 39.6 Å². The lowest BCUT2D eigenvalue weighted by Gasteiger charge is -2.12. The summed E-state index contributed by atoms with van der Waals surface area (Å²) in [6.07, 6.45) is 2.56. The van der Waals surface area contributed by atoms with Gasteiger partial charge in [-0.05, 0) is 71.3 Å². The highest BCUT2D eigenvalue weighted by Gasteiger charge is 2.08. The van der Waals surface area contributed by atoms with Gasteiger partial charge < -0.3 is 19.4 Å². The van der Waals surface area contributed by atoms with Crippen LogP contribution in [0.1, 0.15) is 22.5 Å². The van der Waals surface area contributed by atoms with Gasteiger partial charge in [-0.25, -0.2) is 14.8 Å². The number of carboxylic acid groups (broad SMARTS) is 1. The van der Waals surface area contributed by atoms with Crippen LogP contribution in [0.4, 0.5) is 0 Å². The second-order valence-corrected chi connectivity index (χ2v) is 10.1. The third-order valence-electron chi connectivity index (χ3n) is 7.02. The van der Waals surface area contributed by atoms with Crippen LogP contribution in [0.2, 0.25) is 0 Å². The summed E-state index contributed by atoms with van der Waals surface area (Å²) < 4.78 is 12.0. The minimum absolute atomic E-state index is 0.0802. The average molecular weight is 596 g/mol. The summed E-state index contributed by atoms with van der Waals surface area (Å²) in [5, 5.41) is 14.4. The van der Waals surface area contributed by atoms with Crippen LogP contribution in [-0.4, -0.2) is 33.9 Å². The summed E-state index contributed by atoms with van der Waals surface area (Å²) >= 11 is 0. The second kappa shape index (κ2) is 14.0. The van der Waals surface area contributed by atoms with Gasteiger partial charge in [0, 0.05) is 10.8 Å². The third kappa shape index (κ3) is 7.69. The van der Waals surface area contributed by atoms with Gasteiger partial charge in [-0.1, -0.05) is 78.0 Å². The van der Waals surface area contributed by atoms with Crippen LogP contribution in [0.15, 0.2) is 133 Å². The molecule has 0 atom stereocenters. The molecule has 0 radical (unpaired) electrons. The van der Waals surface area contributed by atoms with Crippen molar-refractivity contribution in [3.05, 3.63) is 150 Å². The van der Waals surface area contributed by atoms with Gasteiger partial charge in [0.15, 0.2) is 6.21 Å². The first-order chi connectivity index (χ1) is 22.1. The molecule has 222 valence electrons. The minimum atomic E-state index is -1.18. The first-order valence-corrected chi connectivity index (χ1v) is 14.3. The van der Waals surface area contributed by atoms with Gasteiger partial charge in [-0.3, -0.25) is 0 Å². The highest BCUT2D eigenvalue weighted by Crippen LogP contribution is 2.28. The molecule has 0 fully saturated rings. The van der Waals surface area contributed by atoms with Crippen LogP contribution in [0.5, 0.6) is 11.5 Å². The standard InChI is InChI=1S/C37H29N3O5/c41-37(42)23-38-45-22-21-34(26-11-17-32(18-12-26)43-24-30-15-9-28-5-1-3-7-35(28)39-30)27-13-19-33(20-14-27)44-25-31-16-10-29-6-2-4-8-36(29)40-31/h1-21,23H,22,24-25H2,(H,41,42)/b38-23+. The molecule has 0 aliphatic rings. The SMILES string of the molecule is O=C(O)/C=N/OCC=C(c1ccc(OCc2ccc3ccccc3n2)cc1)c1ccc(OCc2ccc3ccccc3n2)cc1. The minimum Gasteiger partial charge on any atom is -0.487 e. The van der Waals surface area contributed by atoms with Gasteiger partial charge in [0.2, 0.25) is 0 Å². The van der Waals surface area contributed by atoms with Crippen LogP contribution < -0.4 is 9.47 Å². The molecule has 4 aromatic carbocycles. The molecular formula is C37H29N3O5. The van der Waals surface area contributed by atoms with Crippen molar-refractivity contribution in [1.82, 2.24) is 9.97 Å². The van der Waals surface area contributed by atoms with E-state index in [2.05, 4.69) is 15.1 Å². The number of nitrogens with zero attached hydrogens (tertiary/aromatic N) is 3. The number of aromatic nitrogens is 2. The molecule has 2 aromatic heterocycles. The third-order valence-corrected chi connectivity index (χ3v) is 7.02. The Labute approximate surface area is 259 Å². The number of aliphatic carboxylic acids is 1. The number of hydrogen-bond acceptors (Lipinski definition) is 7. The molecule has 45 heavy (non-hydrogen) atoms. The Morgan fingerprint density at radius 1 is 0.644 bits per heavy atom. The summed E-state index contributed by atoms with van der Waals surface area (Å²) in [5.74, 6) is 0.242. The van der Waals surface area contributed by atoms with Crippen molar-refractivity contribution in [2.24, 2.45) is 5.16 Å². The predicted molar refractivity (Wildman–Crippen MR) is 174 cm³/mol. The van der Waals surface area contributed by atoms with Crippen molar-refractivity contribution in [1.29, 1.82) is 0 Å². The lowest BCUT2D eigenvalue weighted by molar-refractivity contribution is -0.129. The van der Waals surface area contributed by atoms with Crippen molar-refractivity contribution in [3.8, 4) is 11.5 Å². The Kier molecular flexibility index (Phi) is 9.02. The topological polar surface area (TPSA) is 103 Å². The molecule has 0 saturated carbocycles. The van der Waals surface area contributed by atoms with Crippen molar-refractivity contribution in [2.45, 2.75) is 13.2 Å². The number of carbonyl (C=O) groups is 1. The van der Waals surface area contributed by atoms with Gasteiger partial charge in [0.1, 0.15) is 31.3 Å². The fourth-order valence-corrected chi connectivity index (χ4v) is 4.80. The average Bonchev–Trinajstić information content (AvgIpc) is 3.08. The largest absolute Gasteiger partial charge is 0.487 e. The Morgan fingerprint density at radius 2 is 1.13 bits per heavy atom. The first kappa shape index (κ1) is 29.1. The molecule has 8 heteroatoms. The van der Waals surface area contributed by atoms with Gasteiger partial charge in [0.05, 0.1) is 22.4 Å². The molecule has 0 amide bonds. The summed E-state index contributed by atoms with van der Waals surface area (Å²) in [7, 11) is 0. The van der Waals surface area contributed by atoms with E-state index in [-0.39, 0.29) is 6.61 Å². The van der Waals surface area contributed by atoms with E-state index in [0.717, 1.165) is 49.9 Å². The summed E-state index contributed by atoms with van der Waals surface area (Å²) in [6, 6.07) is 39.5. The van der Waals surface area contributed by atoms with E-state index in [9.17, 15) is 4.79 Å². The molecule has 0 saturated heterocycles. The first-order valence-electron chi connectivity index (χ1n) is 14.3. The number of pyridine rings is 2. The molecule has 0 bridgehead atoms. The lowest BCUT2D eigenvalue weighted by Crippen LogP contribution is -1.99. The zero-order valence-corrected chi connectivity index (χ0v) is 24.2. The number of oxime groups is 1. The van der Waals surface area contributed by atoms with E-state index in [1.165, 1.54) is 0 Å². The molecule has 0 spiro atoms. The normalized spacial score (nSPS) is 11.0. The van der Waals surface area contributed by atoms with Gasteiger partial charge >= 0.3 is 5.97 Å². The number of benzene rings is 4. The molecule has 0 aliphatic carbocycles. The zero-order chi connectivity index (χ0) is 30.8. The monoisotopic (exact) mass is 595 g/mol. The molecule has 1 N–H and O–H groups in total. The number of hydrogen-bond donors (Lipinski definition) is 1. The number of para-hydroxylation sites is 2. The predicted octanol–water partition coefficient (Wildman–Crippen LogP) is 7.46. The molecule has 2 heterocycles. The Morgan fingerprint density at radius 3 is 1.62 bits per heavy atom. The molecule has 6 rings (SSSR count). The van der Waals surface area contributed by atoms with Crippen LogP contribution in [0.25, 0.3) is 27.4 Å². The van der Waals surface area contributed by atoms with E-state index >= 15 is 0 Å². The van der Waals surface area contributed by atoms with E-state index in [1.807, 2.05) is 127 Å². The molecule has 6 aromatic rings. The van der Waals surface area contributed by atoms with E-state index in [0.29, 0.717) is 30.9 Å². The van der Waals surface area contributed by atoms with Crippen LogP contribution in [0.3, 0.4) is 0 Å². The Balaban J connectivity index is 1.14. The number of fused-ring (bicyclic) bond motifs is 2. The van der Waals surface area contributed by atoms with E-state index in [4.69, 9.17) is 19.4 Å². The van der Waals surface area contributed by atoms with Gasteiger partial charge in [-0.15, -0.1) is 0 Å². The van der Waals surface area contributed by atoms with Gasteiger partial charge in [0.25, 0.3) is 0 Å².